The first-order valence-electron chi connectivity index (χ1n) is 4.36. The maximum Gasteiger partial charge on any atom is 0.417 e. The number of nitrogens with zero attached hydrogens (tertiary/aromatic N) is 1. The number of alkyl halides is 3. The zero-order valence-corrected chi connectivity index (χ0v) is 8.12. The van der Waals surface area contributed by atoms with E-state index in [1.807, 2.05) is 0 Å². The van der Waals surface area contributed by atoms with Crippen LogP contribution in [0.4, 0.5) is 13.2 Å². The Morgan fingerprint density at radius 3 is 2.50 bits per heavy atom. The summed E-state index contributed by atoms with van der Waals surface area (Å²) in [5.74, 6) is -0.677. The van der Waals surface area contributed by atoms with Gasteiger partial charge in [-0.15, -0.1) is 0 Å². The van der Waals surface area contributed by atoms with Crippen molar-refractivity contribution in [2.75, 3.05) is 0 Å². The van der Waals surface area contributed by atoms with Crippen molar-refractivity contribution in [1.82, 2.24) is 4.57 Å². The SMILES string of the molecule is NC(=O)CCn1cc(C(F)(F)F)ccc1=O. The van der Waals surface area contributed by atoms with Gasteiger partial charge in [0.1, 0.15) is 0 Å². The van der Waals surface area contributed by atoms with Gasteiger partial charge in [-0.3, -0.25) is 9.59 Å². The molecular formula is C9H9F3N2O2. The van der Waals surface area contributed by atoms with Crippen molar-refractivity contribution in [3.63, 3.8) is 0 Å². The number of hydrogen-bond donors (Lipinski definition) is 1. The van der Waals surface area contributed by atoms with Gasteiger partial charge in [0.2, 0.25) is 5.91 Å². The molecule has 1 amide bonds. The number of rotatable bonds is 3. The van der Waals surface area contributed by atoms with Gasteiger partial charge < -0.3 is 10.3 Å². The molecule has 0 fully saturated rings. The number of carbonyl (C=O) groups is 1. The van der Waals surface area contributed by atoms with E-state index in [4.69, 9.17) is 5.73 Å². The van der Waals surface area contributed by atoms with Crippen LogP contribution in [-0.2, 0) is 17.5 Å². The zero-order valence-electron chi connectivity index (χ0n) is 8.12. The molecular weight excluding hydrogens is 225 g/mol. The fourth-order valence-electron chi connectivity index (χ4n) is 1.10. The number of aryl methyl sites for hydroxylation is 1. The summed E-state index contributed by atoms with van der Waals surface area (Å²) >= 11 is 0. The van der Waals surface area contributed by atoms with Crippen molar-refractivity contribution in [3.8, 4) is 0 Å². The summed E-state index contributed by atoms with van der Waals surface area (Å²) in [6, 6.07) is 1.51. The molecule has 7 heteroatoms. The average molecular weight is 234 g/mol. The number of aromatic nitrogens is 1. The summed E-state index contributed by atoms with van der Waals surface area (Å²) in [5.41, 5.74) is 3.30. The van der Waals surface area contributed by atoms with E-state index in [2.05, 4.69) is 0 Å². The molecule has 16 heavy (non-hydrogen) atoms. The van der Waals surface area contributed by atoms with Gasteiger partial charge in [-0.05, 0) is 6.07 Å². The highest BCUT2D eigenvalue weighted by atomic mass is 19.4. The van der Waals surface area contributed by atoms with E-state index in [0.29, 0.717) is 12.3 Å². The third kappa shape index (κ3) is 3.11. The van der Waals surface area contributed by atoms with Crippen LogP contribution in [0.25, 0.3) is 0 Å². The van der Waals surface area contributed by atoms with Gasteiger partial charge in [-0.1, -0.05) is 0 Å². The van der Waals surface area contributed by atoms with Gasteiger partial charge in [0.15, 0.2) is 0 Å². The Bertz CT molecular complexity index is 451. The van der Waals surface area contributed by atoms with Gasteiger partial charge in [-0.2, -0.15) is 13.2 Å². The molecule has 0 aliphatic heterocycles. The minimum Gasteiger partial charge on any atom is -0.370 e. The van der Waals surface area contributed by atoms with Crippen LogP contribution in [-0.4, -0.2) is 10.5 Å². The van der Waals surface area contributed by atoms with Crippen LogP contribution in [0.2, 0.25) is 0 Å². The summed E-state index contributed by atoms with van der Waals surface area (Å²) in [6.45, 7) is -0.155. The van der Waals surface area contributed by atoms with Crippen LogP contribution in [0, 0.1) is 0 Å². The predicted molar refractivity (Wildman–Crippen MR) is 49.5 cm³/mol. The van der Waals surface area contributed by atoms with E-state index in [1.165, 1.54) is 0 Å². The first-order valence-corrected chi connectivity index (χ1v) is 4.36. The lowest BCUT2D eigenvalue weighted by Gasteiger charge is -2.09. The molecule has 1 aromatic rings. The lowest BCUT2D eigenvalue weighted by atomic mass is 10.2. The van der Waals surface area contributed by atoms with Gasteiger partial charge in [0.25, 0.3) is 5.56 Å². The van der Waals surface area contributed by atoms with Crippen molar-refractivity contribution in [3.05, 3.63) is 34.2 Å². The topological polar surface area (TPSA) is 65.1 Å². The number of halogens is 3. The molecule has 0 radical (unpaired) electrons. The molecule has 4 nitrogen and oxygen atoms in total. The third-order valence-corrected chi connectivity index (χ3v) is 1.91. The Morgan fingerprint density at radius 2 is 2.00 bits per heavy atom. The molecule has 2 N–H and O–H groups in total. The largest absolute Gasteiger partial charge is 0.417 e. The average Bonchev–Trinajstić information content (AvgIpc) is 2.14. The van der Waals surface area contributed by atoms with E-state index >= 15 is 0 Å². The van der Waals surface area contributed by atoms with Crippen LogP contribution in [0.3, 0.4) is 0 Å². The molecule has 1 heterocycles. The third-order valence-electron chi connectivity index (χ3n) is 1.91. The van der Waals surface area contributed by atoms with E-state index in [-0.39, 0.29) is 13.0 Å². The first-order chi connectivity index (χ1) is 7.30. The second-order valence-electron chi connectivity index (χ2n) is 3.16. The number of nitrogens with two attached hydrogens (primary N) is 1. The molecule has 0 aliphatic rings. The van der Waals surface area contributed by atoms with E-state index in [9.17, 15) is 22.8 Å². The molecule has 0 saturated carbocycles. The lowest BCUT2D eigenvalue weighted by Crippen LogP contribution is -2.24. The van der Waals surface area contributed by atoms with Crippen LogP contribution in [0.1, 0.15) is 12.0 Å². The van der Waals surface area contributed by atoms with E-state index in [1.54, 1.807) is 0 Å². The molecule has 0 atom stereocenters. The molecule has 0 unspecified atom stereocenters. The maximum absolute atomic E-state index is 12.3. The number of amides is 1. The van der Waals surface area contributed by atoms with Crippen molar-refractivity contribution < 1.29 is 18.0 Å². The molecule has 0 aliphatic carbocycles. The molecule has 1 rings (SSSR count). The van der Waals surface area contributed by atoms with Gasteiger partial charge in [0, 0.05) is 25.2 Å². The van der Waals surface area contributed by atoms with Gasteiger partial charge >= 0.3 is 6.18 Å². The highest BCUT2D eigenvalue weighted by molar-refractivity contribution is 5.73. The fraction of sp³-hybridized carbons (Fsp3) is 0.333. The molecule has 88 valence electrons. The van der Waals surface area contributed by atoms with E-state index in [0.717, 1.165) is 10.6 Å². The fourth-order valence-corrected chi connectivity index (χ4v) is 1.10. The van der Waals surface area contributed by atoms with Gasteiger partial charge in [-0.25, -0.2) is 0 Å². The van der Waals surface area contributed by atoms with Crippen molar-refractivity contribution in [2.24, 2.45) is 5.73 Å². The second kappa shape index (κ2) is 4.38. The molecule has 1 aromatic heterocycles. The smallest absolute Gasteiger partial charge is 0.370 e. The normalized spacial score (nSPS) is 11.4. The highest BCUT2D eigenvalue weighted by Crippen LogP contribution is 2.27. The standard InChI is InChI=1S/C9H9F3N2O2/c10-9(11,12)6-1-2-8(16)14(5-6)4-3-7(13)15/h1-2,5H,3-4H2,(H2,13,15). The van der Waals surface area contributed by atoms with Crippen molar-refractivity contribution in [2.45, 2.75) is 19.1 Å². The second-order valence-corrected chi connectivity index (χ2v) is 3.16. The van der Waals surface area contributed by atoms with Crippen molar-refractivity contribution >= 4 is 5.91 Å². The highest BCUT2D eigenvalue weighted by Gasteiger charge is 2.30. The lowest BCUT2D eigenvalue weighted by molar-refractivity contribution is -0.138. The van der Waals surface area contributed by atoms with Crippen LogP contribution in [0.5, 0.6) is 0 Å². The maximum atomic E-state index is 12.3. The number of pyridine rings is 1. The summed E-state index contributed by atoms with van der Waals surface area (Å²) in [6.07, 6.45) is -4.02. The molecule has 0 bridgehead atoms. The molecule has 0 spiro atoms. The quantitative estimate of drug-likeness (QED) is 0.838. The van der Waals surface area contributed by atoms with Crippen molar-refractivity contribution in [1.29, 1.82) is 0 Å². The summed E-state index contributed by atoms with van der Waals surface area (Å²) < 4.78 is 37.7. The zero-order chi connectivity index (χ0) is 12.3. The first kappa shape index (κ1) is 12.3. The van der Waals surface area contributed by atoms with Crippen LogP contribution < -0.4 is 11.3 Å². The Kier molecular flexibility index (Phi) is 3.36. The Morgan fingerprint density at radius 1 is 1.38 bits per heavy atom. The number of primary amides is 1. The van der Waals surface area contributed by atoms with Crippen LogP contribution in [0.15, 0.2) is 23.1 Å². The summed E-state index contributed by atoms with van der Waals surface area (Å²) in [4.78, 5) is 21.6. The summed E-state index contributed by atoms with van der Waals surface area (Å²) in [7, 11) is 0. The molecule has 0 saturated heterocycles. The monoisotopic (exact) mass is 234 g/mol. The van der Waals surface area contributed by atoms with E-state index < -0.39 is 23.2 Å². The number of hydrogen-bond acceptors (Lipinski definition) is 2. The Hall–Kier alpha value is -1.79. The Labute approximate surface area is 88.5 Å². The molecule has 0 aromatic carbocycles. The van der Waals surface area contributed by atoms with Gasteiger partial charge in [0.05, 0.1) is 5.56 Å². The Balaban J connectivity index is 3.00. The summed E-state index contributed by atoms with van der Waals surface area (Å²) in [5, 5.41) is 0. The minimum atomic E-state index is -4.51. The predicted octanol–water partition coefficient (Wildman–Crippen LogP) is 0.742. The minimum absolute atomic E-state index is 0.155. The van der Waals surface area contributed by atoms with Crippen LogP contribution >= 0.6 is 0 Å². The number of carbonyl (C=O) groups excluding carboxylic acids is 1.